The van der Waals surface area contributed by atoms with Gasteiger partial charge < -0.3 is 9.13 Å². The molecule has 0 amide bonds. The van der Waals surface area contributed by atoms with Crippen LogP contribution in [0.2, 0.25) is 0 Å². The molecule has 0 aliphatic heterocycles. The van der Waals surface area contributed by atoms with Gasteiger partial charge in [0.2, 0.25) is 0 Å². The summed E-state index contributed by atoms with van der Waals surface area (Å²) in [6.07, 6.45) is 0. The molecule has 49 heavy (non-hydrogen) atoms. The number of hydrogen-bond donors (Lipinski definition) is 0. The molecule has 11 aromatic rings. The first-order chi connectivity index (χ1) is 24.3. The van der Waals surface area contributed by atoms with E-state index in [9.17, 15) is 0 Å². The Kier molecular flexibility index (Phi) is 5.57. The van der Waals surface area contributed by atoms with Crippen LogP contribution in [0, 0.1) is 0 Å². The lowest BCUT2D eigenvalue weighted by Crippen LogP contribution is -1.97. The molecular weight excluding hydrogens is 613 g/mol. The Morgan fingerprint density at radius 1 is 0.367 bits per heavy atom. The summed E-state index contributed by atoms with van der Waals surface area (Å²) in [6.45, 7) is 0. The molecule has 0 radical (unpaired) electrons. The second kappa shape index (κ2) is 10.2. The van der Waals surface area contributed by atoms with Gasteiger partial charge in [-0.15, -0.1) is 11.3 Å². The minimum atomic E-state index is 1.16. The Morgan fingerprint density at radius 3 is 1.88 bits per heavy atom. The molecule has 2 nitrogen and oxygen atoms in total. The van der Waals surface area contributed by atoms with Crippen molar-refractivity contribution >= 4 is 85.9 Å². The molecule has 0 saturated heterocycles. The van der Waals surface area contributed by atoms with Gasteiger partial charge in [-0.1, -0.05) is 121 Å². The van der Waals surface area contributed by atoms with Gasteiger partial charge in [-0.2, -0.15) is 0 Å². The smallest absolute Gasteiger partial charge is 0.0562 e. The third-order valence-corrected chi connectivity index (χ3v) is 11.5. The van der Waals surface area contributed by atoms with E-state index in [4.69, 9.17) is 0 Å². The van der Waals surface area contributed by atoms with E-state index in [1.54, 1.807) is 0 Å². The summed E-state index contributed by atoms with van der Waals surface area (Å²) in [5, 5.41) is 10.2. The highest BCUT2D eigenvalue weighted by molar-refractivity contribution is 7.26. The molecule has 11 rings (SSSR count). The third-order valence-electron chi connectivity index (χ3n) is 10.3. The van der Waals surface area contributed by atoms with Crippen molar-refractivity contribution in [1.82, 2.24) is 9.13 Å². The molecular formula is C46H28N2S. The molecule has 228 valence electrons. The minimum Gasteiger partial charge on any atom is -0.309 e. The van der Waals surface area contributed by atoms with Crippen LogP contribution in [0.3, 0.4) is 0 Å². The maximum Gasteiger partial charge on any atom is 0.0562 e. The zero-order valence-electron chi connectivity index (χ0n) is 26.5. The summed E-state index contributed by atoms with van der Waals surface area (Å²) in [5.41, 5.74) is 9.73. The van der Waals surface area contributed by atoms with Crippen LogP contribution in [0.25, 0.3) is 97.1 Å². The maximum absolute atomic E-state index is 2.50. The van der Waals surface area contributed by atoms with Gasteiger partial charge >= 0.3 is 0 Å². The van der Waals surface area contributed by atoms with Crippen molar-refractivity contribution in [1.29, 1.82) is 0 Å². The zero-order chi connectivity index (χ0) is 32.1. The molecule has 3 aromatic heterocycles. The van der Waals surface area contributed by atoms with Crippen molar-refractivity contribution in [3.05, 3.63) is 170 Å². The quantitative estimate of drug-likeness (QED) is 0.182. The van der Waals surface area contributed by atoms with Gasteiger partial charge in [0.15, 0.2) is 0 Å². The maximum atomic E-state index is 2.50. The number of rotatable bonds is 3. The van der Waals surface area contributed by atoms with E-state index < -0.39 is 0 Å². The van der Waals surface area contributed by atoms with Crippen molar-refractivity contribution in [2.24, 2.45) is 0 Å². The van der Waals surface area contributed by atoms with Gasteiger partial charge in [0.05, 0.1) is 27.8 Å². The molecule has 3 heteroatoms. The Labute approximate surface area is 286 Å². The number of hydrogen-bond acceptors (Lipinski definition) is 1. The highest BCUT2D eigenvalue weighted by atomic mass is 32.1. The Balaban J connectivity index is 1.26. The van der Waals surface area contributed by atoms with Gasteiger partial charge in [-0.25, -0.2) is 0 Å². The van der Waals surface area contributed by atoms with Gasteiger partial charge in [0.1, 0.15) is 0 Å². The minimum absolute atomic E-state index is 1.16. The second-order valence-corrected chi connectivity index (χ2v) is 14.0. The molecule has 0 aliphatic carbocycles. The molecule has 3 heterocycles. The van der Waals surface area contributed by atoms with Crippen molar-refractivity contribution in [3.63, 3.8) is 0 Å². The zero-order valence-corrected chi connectivity index (χ0v) is 27.3. The largest absolute Gasteiger partial charge is 0.309 e. The van der Waals surface area contributed by atoms with Crippen LogP contribution in [-0.2, 0) is 0 Å². The van der Waals surface area contributed by atoms with E-state index in [2.05, 4.69) is 179 Å². The Bertz CT molecular complexity index is 3040. The molecule has 0 fully saturated rings. The highest BCUT2D eigenvalue weighted by Crippen LogP contribution is 2.45. The normalized spacial score (nSPS) is 12.1. The van der Waals surface area contributed by atoms with Crippen molar-refractivity contribution in [2.75, 3.05) is 0 Å². The first-order valence-electron chi connectivity index (χ1n) is 16.8. The van der Waals surface area contributed by atoms with E-state index in [0.717, 1.165) is 5.69 Å². The summed E-state index contributed by atoms with van der Waals surface area (Å²) >= 11 is 1.91. The molecule has 0 atom stereocenters. The van der Waals surface area contributed by atoms with Gasteiger partial charge in [0, 0.05) is 52.8 Å². The second-order valence-electron chi connectivity index (χ2n) is 12.9. The van der Waals surface area contributed by atoms with Crippen LogP contribution in [0.5, 0.6) is 0 Å². The molecule has 0 N–H and O–H groups in total. The lowest BCUT2D eigenvalue weighted by molar-refractivity contribution is 1.16. The predicted octanol–water partition coefficient (Wildman–Crippen LogP) is 13.1. The fraction of sp³-hybridized carbons (Fsp3) is 0. The fourth-order valence-electron chi connectivity index (χ4n) is 8.14. The fourth-order valence-corrected chi connectivity index (χ4v) is 9.37. The first kappa shape index (κ1) is 26.9. The summed E-state index contributed by atoms with van der Waals surface area (Å²) in [5.74, 6) is 0. The molecule has 8 aromatic carbocycles. The number of thiophene rings is 1. The summed E-state index contributed by atoms with van der Waals surface area (Å²) < 4.78 is 7.58. The van der Waals surface area contributed by atoms with E-state index in [1.807, 2.05) is 11.3 Å². The topological polar surface area (TPSA) is 9.86 Å². The number of benzene rings is 8. The van der Waals surface area contributed by atoms with Crippen molar-refractivity contribution < 1.29 is 0 Å². The average molecular weight is 641 g/mol. The van der Waals surface area contributed by atoms with Gasteiger partial charge in [0.25, 0.3) is 0 Å². The monoisotopic (exact) mass is 640 g/mol. The van der Waals surface area contributed by atoms with Gasteiger partial charge in [-0.3, -0.25) is 0 Å². The van der Waals surface area contributed by atoms with Gasteiger partial charge in [-0.05, 0) is 65.0 Å². The molecule has 0 aliphatic rings. The van der Waals surface area contributed by atoms with Crippen LogP contribution in [0.4, 0.5) is 0 Å². The number of nitrogens with zero attached hydrogens (tertiary/aromatic N) is 2. The highest BCUT2D eigenvalue weighted by Gasteiger charge is 2.20. The summed E-state index contributed by atoms with van der Waals surface area (Å²) in [4.78, 5) is 0. The molecule has 0 spiro atoms. The molecule has 0 saturated carbocycles. The van der Waals surface area contributed by atoms with E-state index in [0.29, 0.717) is 0 Å². The number of fused-ring (bicyclic) bond motifs is 11. The van der Waals surface area contributed by atoms with Crippen molar-refractivity contribution in [3.8, 4) is 22.5 Å². The lowest BCUT2D eigenvalue weighted by atomic mass is 10.0. The van der Waals surface area contributed by atoms with E-state index in [1.165, 1.54) is 91.4 Å². The Hall–Kier alpha value is -6.16. The third kappa shape index (κ3) is 3.82. The molecule has 0 unspecified atom stereocenters. The van der Waals surface area contributed by atoms with Crippen LogP contribution in [-0.4, -0.2) is 9.13 Å². The van der Waals surface area contributed by atoms with Crippen LogP contribution < -0.4 is 0 Å². The standard InChI is InChI=1S/C46H28N2S/c1-2-11-29(12-3-1)31-21-26-44-38(27-31)36-24-25-42-45(46(36)49-44)37-23-22-32(47-40-18-8-6-16-34(40)35-17-7-9-19-41(35)47)28-43(37)48(42)39-20-10-14-30-13-4-5-15-33(30)39/h1-28H. The predicted molar refractivity (Wildman–Crippen MR) is 211 cm³/mol. The van der Waals surface area contributed by atoms with Crippen LogP contribution in [0.15, 0.2) is 170 Å². The number of aromatic nitrogens is 2. The lowest BCUT2D eigenvalue weighted by Gasteiger charge is -2.13. The summed E-state index contributed by atoms with van der Waals surface area (Å²) in [7, 11) is 0. The first-order valence-corrected chi connectivity index (χ1v) is 17.6. The Morgan fingerprint density at radius 2 is 1.06 bits per heavy atom. The van der Waals surface area contributed by atoms with Crippen LogP contribution >= 0.6 is 11.3 Å². The average Bonchev–Trinajstić information content (AvgIpc) is 3.82. The van der Waals surface area contributed by atoms with Crippen molar-refractivity contribution in [2.45, 2.75) is 0 Å². The van der Waals surface area contributed by atoms with Crippen LogP contribution in [0.1, 0.15) is 0 Å². The molecule has 0 bridgehead atoms. The number of para-hydroxylation sites is 2. The SMILES string of the molecule is c1ccc(-c2ccc3sc4c(ccc5c4c4ccc(-n6c7ccccc7c7ccccc76)cc4n5-c4cccc5ccccc45)c3c2)cc1. The van der Waals surface area contributed by atoms with E-state index in [-0.39, 0.29) is 0 Å². The summed E-state index contributed by atoms with van der Waals surface area (Å²) in [6, 6.07) is 62.4. The van der Waals surface area contributed by atoms with E-state index >= 15 is 0 Å².